The molecule has 0 aliphatic carbocycles. The predicted octanol–water partition coefficient (Wildman–Crippen LogP) is 3.97. The molecule has 29 heavy (non-hydrogen) atoms. The molecule has 2 heterocycles. The predicted molar refractivity (Wildman–Crippen MR) is 134 cm³/mol. The Kier molecular flexibility index (Phi) is 9.78. The van der Waals surface area contributed by atoms with Crippen LogP contribution >= 0.6 is 46.9 Å². The molecule has 3 rings (SSSR count). The molecule has 1 saturated heterocycles. The third-order valence-electron chi connectivity index (χ3n) is 4.81. The van der Waals surface area contributed by atoms with Crippen molar-refractivity contribution in [2.75, 3.05) is 38.7 Å². The zero-order valence-electron chi connectivity index (χ0n) is 17.1. The lowest BCUT2D eigenvalue weighted by molar-refractivity contribution is 0.415. The Morgan fingerprint density at radius 1 is 1.45 bits per heavy atom. The van der Waals surface area contributed by atoms with Crippen LogP contribution in [0.2, 0.25) is 5.02 Å². The first kappa shape index (κ1) is 24.0. The van der Waals surface area contributed by atoms with Gasteiger partial charge in [0.15, 0.2) is 5.96 Å². The van der Waals surface area contributed by atoms with Gasteiger partial charge in [0.25, 0.3) is 0 Å². The number of nitrogens with one attached hydrogen (secondary N) is 2. The van der Waals surface area contributed by atoms with E-state index in [1.165, 1.54) is 5.01 Å². The Bertz CT molecular complexity index is 816. The van der Waals surface area contributed by atoms with Gasteiger partial charge in [-0.1, -0.05) is 18.5 Å². The zero-order chi connectivity index (χ0) is 19.9. The maximum atomic E-state index is 6.18. The van der Waals surface area contributed by atoms with Gasteiger partial charge < -0.3 is 20.3 Å². The molecule has 1 fully saturated rings. The van der Waals surface area contributed by atoms with E-state index in [0.29, 0.717) is 6.04 Å². The summed E-state index contributed by atoms with van der Waals surface area (Å²) in [6.07, 6.45) is 2.92. The molecule has 160 valence electrons. The maximum Gasteiger partial charge on any atom is 0.191 e. The summed E-state index contributed by atoms with van der Waals surface area (Å²) >= 11 is 7.91. The lowest BCUT2D eigenvalue weighted by Crippen LogP contribution is -2.45. The largest absolute Gasteiger partial charge is 0.495 e. The van der Waals surface area contributed by atoms with Crippen LogP contribution in [0, 0.1) is 0 Å². The van der Waals surface area contributed by atoms with Crippen LogP contribution in [-0.4, -0.2) is 50.8 Å². The molecular formula is C20H29ClIN5OS. The zero-order valence-corrected chi connectivity index (χ0v) is 21.0. The van der Waals surface area contributed by atoms with Gasteiger partial charge in [-0.2, -0.15) is 0 Å². The number of aromatic nitrogens is 1. The van der Waals surface area contributed by atoms with Crippen molar-refractivity contribution in [3.05, 3.63) is 39.3 Å². The Morgan fingerprint density at radius 3 is 2.97 bits per heavy atom. The monoisotopic (exact) mass is 549 g/mol. The van der Waals surface area contributed by atoms with Gasteiger partial charge in [0, 0.05) is 49.5 Å². The van der Waals surface area contributed by atoms with Crippen molar-refractivity contribution in [1.29, 1.82) is 0 Å². The van der Waals surface area contributed by atoms with Crippen LogP contribution in [0.4, 0.5) is 5.69 Å². The summed E-state index contributed by atoms with van der Waals surface area (Å²) in [6, 6.07) is 6.06. The lowest BCUT2D eigenvalue weighted by atomic mass is 10.2. The number of halogens is 2. The second-order valence-corrected chi connectivity index (χ2v) is 8.11. The van der Waals surface area contributed by atoms with E-state index < -0.39 is 0 Å². The minimum Gasteiger partial charge on any atom is -0.495 e. The number of thiazole rings is 1. The Labute approximate surface area is 199 Å². The molecule has 1 aromatic carbocycles. The van der Waals surface area contributed by atoms with E-state index in [1.807, 2.05) is 18.2 Å². The molecule has 0 bridgehead atoms. The van der Waals surface area contributed by atoms with Gasteiger partial charge >= 0.3 is 0 Å². The van der Waals surface area contributed by atoms with Crippen molar-refractivity contribution in [1.82, 2.24) is 15.6 Å². The van der Waals surface area contributed by atoms with Crippen LogP contribution in [0.5, 0.6) is 5.75 Å². The van der Waals surface area contributed by atoms with Crippen molar-refractivity contribution in [3.8, 4) is 5.75 Å². The average Bonchev–Trinajstić information content (AvgIpc) is 3.36. The molecule has 6 nitrogen and oxygen atoms in total. The Hall–Kier alpha value is -1.26. The summed E-state index contributed by atoms with van der Waals surface area (Å²) in [7, 11) is 3.50. The number of benzene rings is 1. The van der Waals surface area contributed by atoms with Gasteiger partial charge in [0.1, 0.15) is 5.75 Å². The summed E-state index contributed by atoms with van der Waals surface area (Å²) in [4.78, 5) is 11.3. The van der Waals surface area contributed by atoms with E-state index >= 15 is 0 Å². The fourth-order valence-corrected chi connectivity index (χ4v) is 4.28. The highest BCUT2D eigenvalue weighted by atomic mass is 127. The van der Waals surface area contributed by atoms with Crippen molar-refractivity contribution >= 4 is 58.6 Å². The SMILES string of the molecule is CCc1nc(CCNC(=NC)NC2CCN(c3cc(Cl)ccc3OC)C2)cs1.I. The first-order valence-corrected chi connectivity index (χ1v) is 10.9. The summed E-state index contributed by atoms with van der Waals surface area (Å²) in [6.45, 7) is 4.77. The van der Waals surface area contributed by atoms with E-state index in [9.17, 15) is 0 Å². The highest BCUT2D eigenvalue weighted by Crippen LogP contribution is 2.33. The van der Waals surface area contributed by atoms with Gasteiger partial charge in [-0.3, -0.25) is 4.99 Å². The molecule has 2 N–H and O–H groups in total. The van der Waals surface area contributed by atoms with Crippen molar-refractivity contribution in [2.24, 2.45) is 4.99 Å². The fourth-order valence-electron chi connectivity index (χ4n) is 3.33. The first-order valence-electron chi connectivity index (χ1n) is 9.61. The molecule has 1 unspecified atom stereocenters. The normalized spacial score (nSPS) is 16.5. The van der Waals surface area contributed by atoms with Gasteiger partial charge in [-0.05, 0) is 31.0 Å². The first-order chi connectivity index (χ1) is 13.6. The molecule has 1 atom stereocenters. The molecule has 0 spiro atoms. The maximum absolute atomic E-state index is 6.18. The highest BCUT2D eigenvalue weighted by molar-refractivity contribution is 14.0. The van der Waals surface area contributed by atoms with Crippen LogP contribution < -0.4 is 20.3 Å². The number of aryl methyl sites for hydroxylation is 1. The van der Waals surface area contributed by atoms with E-state index in [4.69, 9.17) is 16.3 Å². The highest BCUT2D eigenvalue weighted by Gasteiger charge is 2.25. The van der Waals surface area contributed by atoms with Gasteiger partial charge in [-0.25, -0.2) is 4.98 Å². The molecular weight excluding hydrogens is 521 g/mol. The molecule has 1 aromatic heterocycles. The number of guanidine groups is 1. The van der Waals surface area contributed by atoms with Crippen molar-refractivity contribution in [3.63, 3.8) is 0 Å². The molecule has 1 aliphatic heterocycles. The molecule has 0 radical (unpaired) electrons. The van der Waals surface area contributed by atoms with Gasteiger partial charge in [-0.15, -0.1) is 35.3 Å². The van der Waals surface area contributed by atoms with Gasteiger partial charge in [0.2, 0.25) is 0 Å². The molecule has 1 aliphatic rings. The number of aliphatic imine (C=N–C) groups is 1. The summed E-state index contributed by atoms with van der Waals surface area (Å²) < 4.78 is 5.49. The van der Waals surface area contributed by atoms with Crippen molar-refractivity contribution < 1.29 is 4.74 Å². The van der Waals surface area contributed by atoms with Crippen LogP contribution in [0.25, 0.3) is 0 Å². The van der Waals surface area contributed by atoms with E-state index in [2.05, 4.69) is 37.8 Å². The number of ether oxygens (including phenoxy) is 1. The van der Waals surface area contributed by atoms with Crippen LogP contribution in [0.15, 0.2) is 28.6 Å². The van der Waals surface area contributed by atoms with Gasteiger partial charge in [0.05, 0.1) is 23.5 Å². The number of hydrogen-bond acceptors (Lipinski definition) is 5. The third-order valence-corrected chi connectivity index (χ3v) is 6.09. The minimum absolute atomic E-state index is 0. The standard InChI is InChI=1S/C20H28ClN5OS.HI/c1-4-19-24-16(13-28-19)7-9-23-20(22-2)25-15-8-10-26(12-15)17-11-14(21)5-6-18(17)27-3;/h5-6,11,13,15H,4,7-10,12H2,1-3H3,(H2,22,23,25);1H. The van der Waals surface area contributed by atoms with Crippen LogP contribution in [0.3, 0.4) is 0 Å². The second-order valence-electron chi connectivity index (χ2n) is 6.73. The summed E-state index contributed by atoms with van der Waals surface area (Å²) in [5, 5.41) is 11.0. The quantitative estimate of drug-likeness (QED) is 0.311. The molecule has 0 saturated carbocycles. The minimum atomic E-state index is 0. The molecule has 9 heteroatoms. The van der Waals surface area contributed by atoms with Crippen LogP contribution in [0.1, 0.15) is 24.0 Å². The van der Waals surface area contributed by atoms with Crippen LogP contribution in [-0.2, 0) is 12.8 Å². The number of rotatable bonds is 7. The van der Waals surface area contributed by atoms with E-state index in [1.54, 1.807) is 25.5 Å². The van der Waals surface area contributed by atoms with Crippen molar-refractivity contribution in [2.45, 2.75) is 32.2 Å². The number of anilines is 1. The topological polar surface area (TPSA) is 61.8 Å². The van der Waals surface area contributed by atoms with E-state index in [-0.39, 0.29) is 24.0 Å². The molecule has 2 aromatic rings. The third kappa shape index (κ3) is 6.62. The summed E-state index contributed by atoms with van der Waals surface area (Å²) in [5.41, 5.74) is 2.18. The number of hydrogen-bond donors (Lipinski definition) is 2. The smallest absolute Gasteiger partial charge is 0.191 e. The van der Waals surface area contributed by atoms with E-state index in [0.717, 1.165) is 67.0 Å². The second kappa shape index (κ2) is 11.8. The average molecular weight is 550 g/mol. The Balaban J connectivity index is 0.00000300. The Morgan fingerprint density at radius 2 is 2.28 bits per heavy atom. The molecule has 0 amide bonds. The fraction of sp³-hybridized carbons (Fsp3) is 0.500. The lowest BCUT2D eigenvalue weighted by Gasteiger charge is -2.22. The summed E-state index contributed by atoms with van der Waals surface area (Å²) in [5.74, 6) is 1.68. The number of nitrogens with zero attached hydrogens (tertiary/aromatic N) is 3. The number of methoxy groups -OCH3 is 1.